The lowest BCUT2D eigenvalue weighted by Gasteiger charge is -2.03. The number of benzene rings is 2. The van der Waals surface area contributed by atoms with Gasteiger partial charge in [-0.25, -0.2) is 8.42 Å². The minimum absolute atomic E-state index is 0.0653. The summed E-state index contributed by atoms with van der Waals surface area (Å²) in [5.74, 6) is -0.628. The number of aromatic nitrogens is 2. The first-order valence-corrected chi connectivity index (χ1v) is 11.9. The lowest BCUT2D eigenvalue weighted by Crippen LogP contribution is -2.26. The number of thioether (sulfide) groups is 1. The molecule has 0 bridgehead atoms. The van der Waals surface area contributed by atoms with Crippen molar-refractivity contribution in [1.29, 1.82) is 0 Å². The maximum atomic E-state index is 12.3. The van der Waals surface area contributed by atoms with Crippen LogP contribution in [0.25, 0.3) is 0 Å². The molecule has 29 heavy (non-hydrogen) atoms. The van der Waals surface area contributed by atoms with Gasteiger partial charge in [-0.3, -0.25) is 4.79 Å². The fourth-order valence-corrected chi connectivity index (χ4v) is 4.27. The number of nitrogens with zero attached hydrogens (tertiary/aromatic N) is 2. The first-order valence-electron chi connectivity index (χ1n) is 8.99. The molecule has 3 aromatic rings. The van der Waals surface area contributed by atoms with E-state index >= 15 is 0 Å². The van der Waals surface area contributed by atoms with E-state index in [1.165, 1.54) is 4.90 Å². The van der Waals surface area contributed by atoms with E-state index in [0.717, 1.165) is 5.56 Å². The second-order valence-electron chi connectivity index (χ2n) is 6.25. The molecule has 1 heterocycles. The molecule has 0 saturated carbocycles. The van der Waals surface area contributed by atoms with Crippen LogP contribution in [-0.4, -0.2) is 43.0 Å². The van der Waals surface area contributed by atoms with Gasteiger partial charge in [-0.05, 0) is 42.5 Å². The van der Waals surface area contributed by atoms with Crippen molar-refractivity contribution in [3.8, 4) is 0 Å². The van der Waals surface area contributed by atoms with E-state index in [-0.39, 0.29) is 28.8 Å². The SMILES string of the molecule is CSc1ccc(CCNC(=O)c2nc(CCS(=O)(=O)c3ccccc3)no2)cc1. The van der Waals surface area contributed by atoms with Crippen molar-refractivity contribution in [2.75, 3.05) is 18.6 Å². The van der Waals surface area contributed by atoms with Gasteiger partial charge in [0.25, 0.3) is 0 Å². The Hall–Kier alpha value is -2.65. The van der Waals surface area contributed by atoms with Gasteiger partial charge in [-0.1, -0.05) is 35.5 Å². The lowest BCUT2D eigenvalue weighted by atomic mass is 10.1. The molecule has 0 radical (unpaired) electrons. The van der Waals surface area contributed by atoms with Gasteiger partial charge in [0, 0.05) is 17.9 Å². The Labute approximate surface area is 173 Å². The first-order chi connectivity index (χ1) is 14.0. The minimum Gasteiger partial charge on any atom is -0.347 e. The zero-order chi connectivity index (χ0) is 20.7. The van der Waals surface area contributed by atoms with Gasteiger partial charge >= 0.3 is 11.8 Å². The van der Waals surface area contributed by atoms with Gasteiger partial charge in [0.2, 0.25) is 0 Å². The van der Waals surface area contributed by atoms with E-state index in [9.17, 15) is 13.2 Å². The standard InChI is InChI=1S/C20H21N3O4S2/c1-28-16-9-7-15(8-10-16)11-13-21-19(24)20-22-18(23-27-20)12-14-29(25,26)17-5-3-2-4-6-17/h2-10H,11-14H2,1H3,(H,21,24). The number of aryl methyl sites for hydroxylation is 1. The number of rotatable bonds is 9. The van der Waals surface area contributed by atoms with E-state index in [4.69, 9.17) is 4.52 Å². The maximum absolute atomic E-state index is 12.3. The van der Waals surface area contributed by atoms with Crippen LogP contribution in [0.15, 0.2) is 68.9 Å². The monoisotopic (exact) mass is 431 g/mol. The fourth-order valence-electron chi connectivity index (χ4n) is 2.61. The Morgan fingerprint density at radius 2 is 1.79 bits per heavy atom. The quantitative estimate of drug-likeness (QED) is 0.520. The van der Waals surface area contributed by atoms with Gasteiger partial charge in [0.05, 0.1) is 10.6 Å². The van der Waals surface area contributed by atoms with E-state index in [1.54, 1.807) is 42.1 Å². The van der Waals surface area contributed by atoms with Crippen LogP contribution < -0.4 is 5.32 Å². The van der Waals surface area contributed by atoms with E-state index in [0.29, 0.717) is 13.0 Å². The highest BCUT2D eigenvalue weighted by molar-refractivity contribution is 7.98. The molecule has 0 atom stereocenters. The molecule has 2 aromatic carbocycles. The van der Waals surface area contributed by atoms with Crippen LogP contribution in [0.4, 0.5) is 0 Å². The average Bonchev–Trinajstić information content (AvgIpc) is 3.23. The Bertz CT molecular complexity index is 1050. The van der Waals surface area contributed by atoms with Crippen LogP contribution in [0.1, 0.15) is 22.1 Å². The molecule has 1 N–H and O–H groups in total. The highest BCUT2D eigenvalue weighted by Crippen LogP contribution is 2.15. The molecule has 0 aliphatic heterocycles. The van der Waals surface area contributed by atoms with Crippen molar-refractivity contribution in [2.45, 2.75) is 22.6 Å². The van der Waals surface area contributed by atoms with Gasteiger partial charge in [-0.2, -0.15) is 4.98 Å². The summed E-state index contributed by atoms with van der Waals surface area (Å²) in [5.41, 5.74) is 1.11. The largest absolute Gasteiger partial charge is 0.347 e. The summed E-state index contributed by atoms with van der Waals surface area (Å²) in [4.78, 5) is 17.6. The Morgan fingerprint density at radius 1 is 1.07 bits per heavy atom. The van der Waals surface area contributed by atoms with Crippen molar-refractivity contribution < 1.29 is 17.7 Å². The number of hydrogen-bond acceptors (Lipinski definition) is 7. The fraction of sp³-hybridized carbons (Fsp3) is 0.250. The third-order valence-corrected chi connectivity index (χ3v) is 6.69. The normalized spacial score (nSPS) is 11.3. The van der Waals surface area contributed by atoms with Gasteiger partial charge < -0.3 is 9.84 Å². The summed E-state index contributed by atoms with van der Waals surface area (Å²) < 4.78 is 29.6. The van der Waals surface area contributed by atoms with Crippen molar-refractivity contribution in [3.05, 3.63) is 71.9 Å². The molecule has 0 fully saturated rings. The molecule has 7 nitrogen and oxygen atoms in total. The second-order valence-corrected chi connectivity index (χ2v) is 9.24. The first kappa shape index (κ1) is 21.1. The zero-order valence-electron chi connectivity index (χ0n) is 15.9. The Morgan fingerprint density at radius 3 is 2.48 bits per heavy atom. The third-order valence-electron chi connectivity index (χ3n) is 4.22. The summed E-state index contributed by atoms with van der Waals surface area (Å²) in [7, 11) is -3.44. The Balaban J connectivity index is 1.49. The van der Waals surface area contributed by atoms with Crippen LogP contribution in [0, 0.1) is 0 Å². The minimum atomic E-state index is -3.44. The van der Waals surface area contributed by atoms with Crippen LogP contribution in [0.3, 0.4) is 0 Å². The molecular formula is C20H21N3O4S2. The molecule has 152 valence electrons. The van der Waals surface area contributed by atoms with Gasteiger partial charge in [-0.15, -0.1) is 11.8 Å². The molecule has 3 rings (SSSR count). The van der Waals surface area contributed by atoms with Crippen LogP contribution in [0.5, 0.6) is 0 Å². The number of nitrogens with one attached hydrogen (secondary N) is 1. The molecule has 0 saturated heterocycles. The van der Waals surface area contributed by atoms with E-state index < -0.39 is 15.7 Å². The van der Waals surface area contributed by atoms with Crippen molar-refractivity contribution in [1.82, 2.24) is 15.5 Å². The van der Waals surface area contributed by atoms with E-state index in [1.807, 2.05) is 30.5 Å². The lowest BCUT2D eigenvalue weighted by molar-refractivity contribution is 0.0910. The molecule has 0 unspecified atom stereocenters. The van der Waals surface area contributed by atoms with E-state index in [2.05, 4.69) is 15.5 Å². The average molecular weight is 432 g/mol. The molecular weight excluding hydrogens is 410 g/mol. The molecule has 9 heteroatoms. The molecule has 1 aromatic heterocycles. The summed E-state index contributed by atoms with van der Waals surface area (Å²) in [6.07, 6.45) is 2.76. The van der Waals surface area contributed by atoms with Gasteiger partial charge in [0.15, 0.2) is 15.7 Å². The Kier molecular flexibility index (Phi) is 7.05. The van der Waals surface area contributed by atoms with Crippen LogP contribution in [-0.2, 0) is 22.7 Å². The van der Waals surface area contributed by atoms with Crippen LogP contribution in [0.2, 0.25) is 0 Å². The highest BCUT2D eigenvalue weighted by atomic mass is 32.2. The van der Waals surface area contributed by atoms with Crippen LogP contribution >= 0.6 is 11.8 Å². The third kappa shape index (κ3) is 5.91. The summed E-state index contributed by atoms with van der Waals surface area (Å²) in [6.45, 7) is 0.428. The van der Waals surface area contributed by atoms with Gasteiger partial charge in [0.1, 0.15) is 0 Å². The molecule has 0 aliphatic carbocycles. The topological polar surface area (TPSA) is 102 Å². The van der Waals surface area contributed by atoms with Crippen molar-refractivity contribution in [2.24, 2.45) is 0 Å². The van der Waals surface area contributed by atoms with Crippen molar-refractivity contribution in [3.63, 3.8) is 0 Å². The smallest absolute Gasteiger partial charge is 0.315 e. The highest BCUT2D eigenvalue weighted by Gasteiger charge is 2.18. The number of carbonyl (C=O) groups is 1. The summed E-state index contributed by atoms with van der Waals surface area (Å²) >= 11 is 1.67. The predicted octanol–water partition coefficient (Wildman–Crippen LogP) is 2.78. The number of amides is 1. The summed E-state index contributed by atoms with van der Waals surface area (Å²) in [5, 5.41) is 6.43. The summed E-state index contributed by atoms with van der Waals surface area (Å²) in [6, 6.07) is 16.3. The number of hydrogen-bond donors (Lipinski definition) is 1. The molecule has 1 amide bonds. The number of carbonyl (C=O) groups excluding carboxylic acids is 1. The number of sulfone groups is 1. The predicted molar refractivity (Wildman–Crippen MR) is 111 cm³/mol. The molecule has 0 aliphatic rings. The maximum Gasteiger partial charge on any atom is 0.315 e. The second kappa shape index (κ2) is 9.71. The van der Waals surface area contributed by atoms with Crippen molar-refractivity contribution >= 4 is 27.5 Å². The zero-order valence-corrected chi connectivity index (χ0v) is 17.5. The molecule has 0 spiro atoms.